The molecule has 0 amide bonds. The average Bonchev–Trinajstić information content (AvgIpc) is 3.15. The molecule has 0 aliphatic heterocycles. The van der Waals surface area contributed by atoms with E-state index in [1.54, 1.807) is 0 Å². The molecule has 0 atom stereocenters. The predicted octanol–water partition coefficient (Wildman–Crippen LogP) is 10.9. The normalized spacial score (nSPS) is 14.3. The SMILES string of the molecule is c1ccc(-c2nc(-c3ccccc3)nc(-c3ccc(C4(c5ccc(-c6ccc7ccccc7c6)cc5)CCCCC4)cc3)n2)cc1. The van der Waals surface area contributed by atoms with Crippen LogP contribution in [0.2, 0.25) is 0 Å². The minimum atomic E-state index is 0.00218. The van der Waals surface area contributed by atoms with Crippen LogP contribution >= 0.6 is 0 Å². The second kappa shape index (κ2) is 12.2. The zero-order valence-corrected chi connectivity index (χ0v) is 25.8. The predicted molar refractivity (Wildman–Crippen MR) is 189 cm³/mol. The topological polar surface area (TPSA) is 38.7 Å². The van der Waals surface area contributed by atoms with Crippen molar-refractivity contribution in [1.29, 1.82) is 0 Å². The van der Waals surface area contributed by atoms with Gasteiger partial charge in [-0.3, -0.25) is 0 Å². The van der Waals surface area contributed by atoms with Crippen molar-refractivity contribution in [1.82, 2.24) is 15.0 Å². The van der Waals surface area contributed by atoms with E-state index in [0.29, 0.717) is 17.5 Å². The lowest BCUT2D eigenvalue weighted by molar-refractivity contribution is 0.346. The number of nitrogens with zero attached hydrogens (tertiary/aromatic N) is 3. The molecule has 0 bridgehead atoms. The molecule has 6 aromatic carbocycles. The maximum absolute atomic E-state index is 4.95. The number of hydrogen-bond donors (Lipinski definition) is 0. The molecule has 1 fully saturated rings. The van der Waals surface area contributed by atoms with Crippen molar-refractivity contribution in [2.75, 3.05) is 0 Å². The summed E-state index contributed by atoms with van der Waals surface area (Å²) < 4.78 is 0. The van der Waals surface area contributed by atoms with Gasteiger partial charge in [-0.15, -0.1) is 0 Å². The second-order valence-electron chi connectivity index (χ2n) is 12.4. The van der Waals surface area contributed by atoms with E-state index in [2.05, 4.69) is 115 Å². The van der Waals surface area contributed by atoms with Crippen LogP contribution in [0.4, 0.5) is 0 Å². The fourth-order valence-corrected chi connectivity index (χ4v) is 7.13. The molecule has 1 aromatic heterocycles. The van der Waals surface area contributed by atoms with Crippen molar-refractivity contribution < 1.29 is 0 Å². The first-order chi connectivity index (χ1) is 22.7. The summed E-state index contributed by atoms with van der Waals surface area (Å²) in [6.45, 7) is 0. The molecule has 8 rings (SSSR count). The van der Waals surface area contributed by atoms with E-state index in [1.165, 1.54) is 52.3 Å². The molecular formula is C43H35N3. The van der Waals surface area contributed by atoms with E-state index in [4.69, 9.17) is 15.0 Å². The maximum Gasteiger partial charge on any atom is 0.164 e. The third-order valence-electron chi connectivity index (χ3n) is 9.62. The number of fused-ring (bicyclic) bond motifs is 1. The fourth-order valence-electron chi connectivity index (χ4n) is 7.13. The van der Waals surface area contributed by atoms with Gasteiger partial charge in [0.2, 0.25) is 0 Å². The van der Waals surface area contributed by atoms with Crippen molar-refractivity contribution in [2.24, 2.45) is 0 Å². The molecule has 222 valence electrons. The first-order valence-electron chi connectivity index (χ1n) is 16.3. The van der Waals surface area contributed by atoms with Gasteiger partial charge in [-0.1, -0.05) is 165 Å². The van der Waals surface area contributed by atoms with Crippen LogP contribution < -0.4 is 0 Å². The second-order valence-corrected chi connectivity index (χ2v) is 12.4. The zero-order chi connectivity index (χ0) is 30.8. The lowest BCUT2D eigenvalue weighted by atomic mass is 9.65. The van der Waals surface area contributed by atoms with Crippen LogP contribution in [0.3, 0.4) is 0 Å². The van der Waals surface area contributed by atoms with Gasteiger partial charge in [-0.25, -0.2) is 15.0 Å². The molecular weight excluding hydrogens is 558 g/mol. The van der Waals surface area contributed by atoms with Crippen LogP contribution in [-0.4, -0.2) is 15.0 Å². The molecule has 0 unspecified atom stereocenters. The van der Waals surface area contributed by atoms with Crippen LogP contribution in [0.5, 0.6) is 0 Å². The van der Waals surface area contributed by atoms with E-state index in [9.17, 15) is 0 Å². The Balaban J connectivity index is 1.15. The number of hydrogen-bond acceptors (Lipinski definition) is 3. The minimum absolute atomic E-state index is 0.00218. The third kappa shape index (κ3) is 5.39. The van der Waals surface area contributed by atoms with Gasteiger partial charge < -0.3 is 0 Å². The molecule has 1 heterocycles. The van der Waals surface area contributed by atoms with Gasteiger partial charge in [0.1, 0.15) is 0 Å². The summed E-state index contributed by atoms with van der Waals surface area (Å²) in [7, 11) is 0. The zero-order valence-electron chi connectivity index (χ0n) is 25.8. The van der Waals surface area contributed by atoms with Gasteiger partial charge in [-0.05, 0) is 51.9 Å². The summed E-state index contributed by atoms with van der Waals surface area (Å²) in [5.41, 5.74) is 8.25. The van der Waals surface area contributed by atoms with Crippen LogP contribution in [0.25, 0.3) is 56.1 Å². The Bertz CT molecular complexity index is 2040. The highest BCUT2D eigenvalue weighted by molar-refractivity contribution is 5.87. The quantitative estimate of drug-likeness (QED) is 0.192. The smallest absolute Gasteiger partial charge is 0.164 e. The van der Waals surface area contributed by atoms with Crippen LogP contribution in [0.1, 0.15) is 43.2 Å². The Kier molecular flexibility index (Phi) is 7.43. The molecule has 1 aliphatic rings. The molecule has 7 aromatic rings. The van der Waals surface area contributed by atoms with E-state index in [0.717, 1.165) is 29.5 Å². The van der Waals surface area contributed by atoms with Gasteiger partial charge in [0.15, 0.2) is 17.5 Å². The molecule has 3 nitrogen and oxygen atoms in total. The largest absolute Gasteiger partial charge is 0.208 e. The number of aromatic nitrogens is 3. The lowest BCUT2D eigenvalue weighted by Gasteiger charge is -2.39. The Morgan fingerprint density at radius 2 is 0.783 bits per heavy atom. The first kappa shape index (κ1) is 28.1. The van der Waals surface area contributed by atoms with Gasteiger partial charge in [0, 0.05) is 22.1 Å². The average molecular weight is 594 g/mol. The maximum atomic E-state index is 4.95. The molecule has 1 aliphatic carbocycles. The molecule has 0 radical (unpaired) electrons. The van der Waals surface area contributed by atoms with E-state index in [-0.39, 0.29) is 5.41 Å². The highest BCUT2D eigenvalue weighted by atomic mass is 15.0. The monoisotopic (exact) mass is 593 g/mol. The highest BCUT2D eigenvalue weighted by Crippen LogP contribution is 2.45. The molecule has 0 spiro atoms. The van der Waals surface area contributed by atoms with E-state index in [1.807, 2.05) is 36.4 Å². The summed E-state index contributed by atoms with van der Waals surface area (Å²) in [5.74, 6) is 2.06. The van der Waals surface area contributed by atoms with Crippen molar-refractivity contribution in [2.45, 2.75) is 37.5 Å². The summed E-state index contributed by atoms with van der Waals surface area (Å²) in [6, 6.07) is 54.0. The summed E-state index contributed by atoms with van der Waals surface area (Å²) in [6.07, 6.45) is 6.09. The van der Waals surface area contributed by atoms with Crippen molar-refractivity contribution in [3.63, 3.8) is 0 Å². The molecule has 1 saturated carbocycles. The Morgan fingerprint density at radius 1 is 0.348 bits per heavy atom. The van der Waals surface area contributed by atoms with Gasteiger partial charge in [-0.2, -0.15) is 0 Å². The number of benzene rings is 6. The van der Waals surface area contributed by atoms with Crippen molar-refractivity contribution in [3.05, 3.63) is 163 Å². The van der Waals surface area contributed by atoms with Crippen LogP contribution in [-0.2, 0) is 5.41 Å². The van der Waals surface area contributed by atoms with Gasteiger partial charge in [0.05, 0.1) is 0 Å². The minimum Gasteiger partial charge on any atom is -0.208 e. The van der Waals surface area contributed by atoms with E-state index < -0.39 is 0 Å². The first-order valence-corrected chi connectivity index (χ1v) is 16.3. The summed E-state index contributed by atoms with van der Waals surface area (Å²) >= 11 is 0. The standard InChI is InChI=1S/C43H35N3/c1-4-13-33(14-5-1)40-44-41(34-15-6-2-7-16-34)46-42(45-40)35-22-26-39(27-23-35)43(28-10-3-11-29-43)38-24-20-32(21-25-38)37-19-18-31-12-8-9-17-36(31)30-37/h1-2,4-9,12-27,30H,3,10-11,28-29H2. The van der Waals surface area contributed by atoms with Crippen molar-refractivity contribution >= 4 is 10.8 Å². The van der Waals surface area contributed by atoms with E-state index >= 15 is 0 Å². The highest BCUT2D eigenvalue weighted by Gasteiger charge is 2.35. The Hall–Kier alpha value is -5.41. The number of rotatable bonds is 6. The van der Waals surface area contributed by atoms with Crippen molar-refractivity contribution in [3.8, 4) is 45.3 Å². The Morgan fingerprint density at radius 3 is 1.33 bits per heavy atom. The van der Waals surface area contributed by atoms with Gasteiger partial charge in [0.25, 0.3) is 0 Å². The Labute approximate surface area is 270 Å². The van der Waals surface area contributed by atoms with Crippen LogP contribution in [0, 0.1) is 0 Å². The fraction of sp³-hybridized carbons (Fsp3) is 0.140. The third-order valence-corrected chi connectivity index (χ3v) is 9.62. The van der Waals surface area contributed by atoms with Gasteiger partial charge >= 0.3 is 0 Å². The molecule has 3 heteroatoms. The molecule has 46 heavy (non-hydrogen) atoms. The lowest BCUT2D eigenvalue weighted by Crippen LogP contribution is -2.30. The molecule has 0 N–H and O–H groups in total. The molecule has 0 saturated heterocycles. The van der Waals surface area contributed by atoms with Crippen LogP contribution in [0.15, 0.2) is 152 Å². The summed E-state index contributed by atoms with van der Waals surface area (Å²) in [4.78, 5) is 14.8. The summed E-state index contributed by atoms with van der Waals surface area (Å²) in [5, 5.41) is 2.55.